The summed E-state index contributed by atoms with van der Waals surface area (Å²) in [5.41, 5.74) is 2.34. The van der Waals surface area contributed by atoms with E-state index in [-0.39, 0.29) is 23.0 Å². The number of carbonyl (C=O) groups excluding carboxylic acids is 2. The maximum Gasteiger partial charge on any atom is 0.219 e. The molecule has 2 aromatic rings. The average molecular weight is 504 g/mol. The third-order valence-electron chi connectivity index (χ3n) is 7.57. The number of fused-ring (bicyclic) bond motifs is 1. The second-order valence-corrected chi connectivity index (χ2v) is 11.0. The van der Waals surface area contributed by atoms with Gasteiger partial charge in [0.05, 0.1) is 18.3 Å². The number of nitrogens with one attached hydrogen (secondary N) is 1. The maximum atomic E-state index is 13.6. The van der Waals surface area contributed by atoms with E-state index >= 15 is 0 Å². The summed E-state index contributed by atoms with van der Waals surface area (Å²) < 4.78 is 16.1. The molecule has 0 aliphatic carbocycles. The summed E-state index contributed by atoms with van der Waals surface area (Å²) in [6, 6.07) is 3.96. The second-order valence-electron chi connectivity index (χ2n) is 9.93. The maximum absolute atomic E-state index is 13.6. The summed E-state index contributed by atoms with van der Waals surface area (Å²) in [4.78, 5) is 33.8. The molecule has 2 aromatic heterocycles. The van der Waals surface area contributed by atoms with Crippen molar-refractivity contribution in [1.82, 2.24) is 24.7 Å². The van der Waals surface area contributed by atoms with Crippen LogP contribution in [0.1, 0.15) is 87.0 Å². The molecule has 0 saturated carbocycles. The highest BCUT2D eigenvalue weighted by Gasteiger charge is 2.31. The molecule has 1 N–H and O–H groups in total. The summed E-state index contributed by atoms with van der Waals surface area (Å²) in [5, 5.41) is 2.80. The molecular formula is C26H38FN5O2S. The van der Waals surface area contributed by atoms with Gasteiger partial charge in [-0.1, -0.05) is 6.92 Å². The fourth-order valence-corrected chi connectivity index (χ4v) is 6.68. The third-order valence-corrected chi connectivity index (χ3v) is 8.56. The van der Waals surface area contributed by atoms with Crippen LogP contribution in [0.15, 0.2) is 12.1 Å². The molecule has 0 radical (unpaired) electrons. The van der Waals surface area contributed by atoms with Crippen molar-refractivity contribution in [3.05, 3.63) is 39.4 Å². The molecule has 2 aliphatic rings. The molecule has 3 atom stereocenters. The highest BCUT2D eigenvalue weighted by molar-refractivity contribution is 7.10. The van der Waals surface area contributed by atoms with Gasteiger partial charge >= 0.3 is 0 Å². The van der Waals surface area contributed by atoms with Crippen molar-refractivity contribution in [2.45, 2.75) is 90.9 Å². The fraction of sp³-hybridized carbons (Fsp3) is 0.654. The predicted octanol–water partition coefficient (Wildman–Crippen LogP) is 4.37. The smallest absolute Gasteiger partial charge is 0.219 e. The lowest BCUT2D eigenvalue weighted by Crippen LogP contribution is -2.37. The van der Waals surface area contributed by atoms with Crippen molar-refractivity contribution in [1.29, 1.82) is 0 Å². The van der Waals surface area contributed by atoms with Gasteiger partial charge in [0.15, 0.2) is 5.13 Å². The summed E-state index contributed by atoms with van der Waals surface area (Å²) in [6.45, 7) is 10.8. The molecule has 3 unspecified atom stereocenters. The molecule has 1 saturated heterocycles. The Hall–Kier alpha value is -2.26. The van der Waals surface area contributed by atoms with E-state index in [1.54, 1.807) is 13.0 Å². The van der Waals surface area contributed by atoms with Crippen molar-refractivity contribution in [2.24, 2.45) is 0 Å². The van der Waals surface area contributed by atoms with E-state index < -0.39 is 0 Å². The SMILES string of the molecule is CCC(CC1CCCN1CCC(NC(C)=O)c1ccc(F)s1)n1c(C)nc2c1CCN(C(C)=O)C2. The van der Waals surface area contributed by atoms with Crippen LogP contribution in [0.25, 0.3) is 0 Å². The molecule has 9 heteroatoms. The van der Waals surface area contributed by atoms with Gasteiger partial charge in [-0.25, -0.2) is 4.98 Å². The van der Waals surface area contributed by atoms with E-state index in [1.165, 1.54) is 31.5 Å². The van der Waals surface area contributed by atoms with E-state index in [1.807, 2.05) is 4.90 Å². The highest BCUT2D eigenvalue weighted by Crippen LogP contribution is 2.33. The van der Waals surface area contributed by atoms with Gasteiger partial charge in [-0.15, -0.1) is 11.3 Å². The zero-order valence-electron chi connectivity index (χ0n) is 21.3. The molecule has 2 aliphatic heterocycles. The van der Waals surface area contributed by atoms with Crippen LogP contribution in [0.4, 0.5) is 4.39 Å². The van der Waals surface area contributed by atoms with Crippen molar-refractivity contribution >= 4 is 23.2 Å². The minimum Gasteiger partial charge on any atom is -0.349 e. The van der Waals surface area contributed by atoms with Gasteiger partial charge in [-0.05, 0) is 57.7 Å². The van der Waals surface area contributed by atoms with Crippen LogP contribution in [0.5, 0.6) is 0 Å². The minimum atomic E-state index is -0.217. The molecule has 4 heterocycles. The van der Waals surface area contributed by atoms with Crippen LogP contribution in [0.3, 0.4) is 0 Å². The van der Waals surface area contributed by atoms with Crippen molar-refractivity contribution in [2.75, 3.05) is 19.6 Å². The first-order valence-corrected chi connectivity index (χ1v) is 13.7. The van der Waals surface area contributed by atoms with Gasteiger partial charge in [0.25, 0.3) is 0 Å². The molecule has 7 nitrogen and oxygen atoms in total. The number of nitrogens with zero attached hydrogens (tertiary/aromatic N) is 4. The lowest BCUT2D eigenvalue weighted by atomic mass is 10.0. The number of likely N-dealkylation sites (tertiary alicyclic amines) is 1. The Morgan fingerprint density at radius 3 is 2.74 bits per heavy atom. The number of hydrogen-bond donors (Lipinski definition) is 1. The van der Waals surface area contributed by atoms with Crippen LogP contribution in [-0.2, 0) is 22.6 Å². The topological polar surface area (TPSA) is 70.5 Å². The number of aryl methyl sites for hydroxylation is 1. The first-order chi connectivity index (χ1) is 16.8. The lowest BCUT2D eigenvalue weighted by Gasteiger charge is -2.32. The molecule has 2 amide bonds. The summed E-state index contributed by atoms with van der Waals surface area (Å²) in [6.07, 6.45) is 6.07. The lowest BCUT2D eigenvalue weighted by molar-refractivity contribution is -0.129. The van der Waals surface area contributed by atoms with Gasteiger partial charge in [0.1, 0.15) is 5.82 Å². The van der Waals surface area contributed by atoms with Crippen LogP contribution in [0, 0.1) is 12.1 Å². The molecule has 1 fully saturated rings. The van der Waals surface area contributed by atoms with Gasteiger partial charge in [0.2, 0.25) is 11.8 Å². The summed E-state index contributed by atoms with van der Waals surface area (Å²) in [5.74, 6) is 1.07. The van der Waals surface area contributed by atoms with Gasteiger partial charge < -0.3 is 19.7 Å². The number of hydrogen-bond acceptors (Lipinski definition) is 5. The highest BCUT2D eigenvalue weighted by atomic mass is 32.1. The molecule has 35 heavy (non-hydrogen) atoms. The molecule has 192 valence electrons. The number of amides is 2. The van der Waals surface area contributed by atoms with E-state index in [2.05, 4.69) is 28.6 Å². The van der Waals surface area contributed by atoms with Crippen molar-refractivity contribution < 1.29 is 14.0 Å². The summed E-state index contributed by atoms with van der Waals surface area (Å²) >= 11 is 1.12. The van der Waals surface area contributed by atoms with Gasteiger partial charge in [-0.2, -0.15) is 4.39 Å². The molecule has 0 aromatic carbocycles. The van der Waals surface area contributed by atoms with E-state index in [9.17, 15) is 14.0 Å². The van der Waals surface area contributed by atoms with Gasteiger partial charge in [0, 0.05) is 56.0 Å². The summed E-state index contributed by atoms with van der Waals surface area (Å²) in [7, 11) is 0. The first-order valence-electron chi connectivity index (χ1n) is 12.8. The van der Waals surface area contributed by atoms with Crippen LogP contribution in [0.2, 0.25) is 0 Å². The third kappa shape index (κ3) is 5.94. The number of carbonyl (C=O) groups is 2. The number of aromatic nitrogens is 2. The molecular weight excluding hydrogens is 465 g/mol. The Balaban J connectivity index is 1.43. The number of halogens is 1. The second kappa shape index (κ2) is 11.2. The fourth-order valence-electron chi connectivity index (χ4n) is 5.86. The van der Waals surface area contributed by atoms with Crippen LogP contribution >= 0.6 is 11.3 Å². The van der Waals surface area contributed by atoms with E-state index in [4.69, 9.17) is 4.98 Å². The monoisotopic (exact) mass is 503 g/mol. The van der Waals surface area contributed by atoms with Crippen molar-refractivity contribution in [3.8, 4) is 0 Å². The largest absolute Gasteiger partial charge is 0.349 e. The molecule has 0 bridgehead atoms. The van der Waals surface area contributed by atoms with Gasteiger partial charge in [-0.3, -0.25) is 9.59 Å². The average Bonchev–Trinajstić information content (AvgIpc) is 3.52. The Kier molecular flexibility index (Phi) is 8.27. The van der Waals surface area contributed by atoms with E-state index in [0.29, 0.717) is 18.6 Å². The standard InChI is InChI=1S/C26H38FN5O2S/c1-5-20(32-17(2)28-23-16-31(19(4)34)14-11-24(23)32)15-21-7-6-12-30(21)13-10-22(29-18(3)33)25-8-9-26(27)35-25/h8-9,20-22H,5-7,10-16H2,1-4H3,(H,29,33). The quantitative estimate of drug-likeness (QED) is 0.552. The Morgan fingerprint density at radius 1 is 1.29 bits per heavy atom. The van der Waals surface area contributed by atoms with Crippen molar-refractivity contribution in [3.63, 3.8) is 0 Å². The zero-order chi connectivity index (χ0) is 25.1. The first kappa shape index (κ1) is 25.8. The van der Waals surface area contributed by atoms with Crippen LogP contribution in [-0.4, -0.2) is 56.8 Å². The Morgan fingerprint density at radius 2 is 2.09 bits per heavy atom. The minimum absolute atomic E-state index is 0.0866. The predicted molar refractivity (Wildman–Crippen MR) is 136 cm³/mol. The normalized spacial score (nSPS) is 20.0. The number of imidazole rings is 1. The number of thiophene rings is 1. The van der Waals surface area contributed by atoms with Crippen LogP contribution < -0.4 is 5.32 Å². The zero-order valence-corrected chi connectivity index (χ0v) is 22.2. The van der Waals surface area contributed by atoms with E-state index in [0.717, 1.165) is 73.0 Å². The molecule has 4 rings (SSSR count). The Bertz CT molecular complexity index is 1050. The number of rotatable bonds is 9. The Labute approximate surface area is 211 Å². The molecule has 0 spiro atoms.